The highest BCUT2D eigenvalue weighted by atomic mass is 16.7. The molecule has 0 spiro atoms. The number of nitrogens with zero attached hydrogens (tertiary/aromatic N) is 1. The summed E-state index contributed by atoms with van der Waals surface area (Å²) in [6, 6.07) is 46.2. The van der Waals surface area contributed by atoms with Gasteiger partial charge < -0.3 is 25.2 Å². The topological polar surface area (TPSA) is 83.1 Å². The van der Waals surface area contributed by atoms with E-state index in [1.165, 1.54) is 11.1 Å². The maximum atomic E-state index is 12.5. The van der Waals surface area contributed by atoms with Crippen LogP contribution in [0.3, 0.4) is 0 Å². The van der Waals surface area contributed by atoms with E-state index in [9.17, 15) is 9.90 Å². The highest BCUT2D eigenvalue weighted by molar-refractivity contribution is 5.89. The van der Waals surface area contributed by atoms with Crippen molar-refractivity contribution in [1.82, 2.24) is 10.2 Å². The number of nitrogens with one attached hydrogen (secondary N) is 2. The summed E-state index contributed by atoms with van der Waals surface area (Å²) in [5.74, 6) is 0. The van der Waals surface area contributed by atoms with Crippen molar-refractivity contribution in [3.05, 3.63) is 173 Å². The Labute approximate surface area is 276 Å². The second-order valence-electron chi connectivity index (χ2n) is 11.9. The van der Waals surface area contributed by atoms with Crippen LogP contribution in [0, 0.1) is 0 Å². The number of carbonyl (C=O) groups is 1. The van der Waals surface area contributed by atoms with Crippen LogP contribution in [-0.4, -0.2) is 28.7 Å². The van der Waals surface area contributed by atoms with Crippen LogP contribution < -0.4 is 10.6 Å². The minimum absolute atomic E-state index is 0.00123. The minimum Gasteiger partial charge on any atom is -0.392 e. The van der Waals surface area contributed by atoms with Crippen molar-refractivity contribution in [2.45, 2.75) is 51.2 Å². The van der Waals surface area contributed by atoms with Crippen LogP contribution >= 0.6 is 0 Å². The lowest BCUT2D eigenvalue weighted by Gasteiger charge is -2.38. The Kier molecular flexibility index (Phi) is 11.1. The molecule has 0 radical (unpaired) electrons. The van der Waals surface area contributed by atoms with E-state index in [1.807, 2.05) is 91.0 Å². The number of ether oxygens (including phenoxy) is 2. The maximum absolute atomic E-state index is 12.5. The monoisotopic (exact) mass is 627 g/mol. The van der Waals surface area contributed by atoms with E-state index in [1.54, 1.807) is 0 Å². The lowest BCUT2D eigenvalue weighted by molar-refractivity contribution is -0.253. The molecule has 5 aromatic rings. The zero-order chi connectivity index (χ0) is 32.3. The third-order valence-corrected chi connectivity index (χ3v) is 8.31. The molecule has 1 fully saturated rings. The quantitative estimate of drug-likeness (QED) is 0.132. The van der Waals surface area contributed by atoms with Gasteiger partial charge in [-0.05, 0) is 39.9 Å². The fourth-order valence-electron chi connectivity index (χ4n) is 5.87. The molecule has 2 amide bonds. The molecule has 5 aromatic carbocycles. The molecule has 1 saturated heterocycles. The van der Waals surface area contributed by atoms with Gasteiger partial charge in [0.05, 0.1) is 18.8 Å². The minimum atomic E-state index is -0.590. The number of aliphatic hydroxyl groups is 1. The third kappa shape index (κ3) is 9.37. The first-order valence-corrected chi connectivity index (χ1v) is 16.1. The Morgan fingerprint density at radius 3 is 1.79 bits per heavy atom. The van der Waals surface area contributed by atoms with E-state index < -0.39 is 6.29 Å². The molecule has 3 atom stereocenters. The second kappa shape index (κ2) is 16.2. The van der Waals surface area contributed by atoms with Crippen molar-refractivity contribution in [1.29, 1.82) is 0 Å². The van der Waals surface area contributed by atoms with E-state index in [0.29, 0.717) is 18.7 Å². The van der Waals surface area contributed by atoms with Gasteiger partial charge in [-0.25, -0.2) is 4.79 Å². The maximum Gasteiger partial charge on any atom is 0.319 e. The van der Waals surface area contributed by atoms with E-state index >= 15 is 0 Å². The predicted octanol–water partition coefficient (Wildman–Crippen LogP) is 7.75. The second-order valence-corrected chi connectivity index (χ2v) is 11.9. The molecule has 1 heterocycles. The van der Waals surface area contributed by atoms with Gasteiger partial charge in [-0.3, -0.25) is 4.90 Å². The highest BCUT2D eigenvalue weighted by Crippen LogP contribution is 2.38. The fourth-order valence-corrected chi connectivity index (χ4v) is 5.87. The van der Waals surface area contributed by atoms with Crippen LogP contribution in [0.2, 0.25) is 0 Å². The van der Waals surface area contributed by atoms with Gasteiger partial charge in [0.2, 0.25) is 0 Å². The molecule has 0 aromatic heterocycles. The molecule has 3 N–H and O–H groups in total. The lowest BCUT2D eigenvalue weighted by atomic mass is 9.99. The first-order chi connectivity index (χ1) is 23.1. The number of hydrogen-bond acceptors (Lipinski definition) is 5. The highest BCUT2D eigenvalue weighted by Gasteiger charge is 2.33. The fraction of sp³-hybridized carbons (Fsp3) is 0.225. The molecular weight excluding hydrogens is 586 g/mol. The van der Waals surface area contributed by atoms with Gasteiger partial charge in [0.1, 0.15) is 0 Å². The van der Waals surface area contributed by atoms with Crippen LogP contribution in [0.1, 0.15) is 52.2 Å². The van der Waals surface area contributed by atoms with Crippen molar-refractivity contribution in [3.8, 4) is 0 Å². The summed E-state index contributed by atoms with van der Waals surface area (Å²) in [5, 5.41) is 15.4. The van der Waals surface area contributed by atoms with Gasteiger partial charge in [0.15, 0.2) is 6.29 Å². The largest absolute Gasteiger partial charge is 0.392 e. The molecule has 240 valence electrons. The smallest absolute Gasteiger partial charge is 0.319 e. The molecule has 1 aliphatic rings. The number of aliphatic hydroxyl groups excluding tert-OH is 1. The van der Waals surface area contributed by atoms with Gasteiger partial charge in [-0.15, -0.1) is 0 Å². The van der Waals surface area contributed by atoms with Crippen LogP contribution in [0.25, 0.3) is 0 Å². The van der Waals surface area contributed by atoms with Crippen molar-refractivity contribution >= 4 is 11.7 Å². The van der Waals surface area contributed by atoms with Crippen LogP contribution in [0.4, 0.5) is 10.5 Å². The van der Waals surface area contributed by atoms with Gasteiger partial charge in [-0.1, -0.05) is 127 Å². The third-order valence-electron chi connectivity index (χ3n) is 8.31. The molecule has 0 unspecified atom stereocenters. The first kappa shape index (κ1) is 32.2. The summed E-state index contributed by atoms with van der Waals surface area (Å²) in [5.41, 5.74) is 7.00. The number of amides is 2. The lowest BCUT2D eigenvalue weighted by Crippen LogP contribution is -2.39. The van der Waals surface area contributed by atoms with Gasteiger partial charge in [0.25, 0.3) is 0 Å². The summed E-state index contributed by atoms with van der Waals surface area (Å²) < 4.78 is 13.3. The number of rotatable bonds is 12. The molecule has 0 aliphatic carbocycles. The molecule has 0 bridgehead atoms. The standard InChI is InChI=1S/C40H41N3O4/c44-29-33-16-18-34(19-17-33)38-24-37(28-43(26-31-12-6-2-7-13-31)27-32-14-8-3-9-15-32)46-39(47-38)35-20-22-36(23-21-35)42-40(45)41-25-30-10-4-1-5-11-30/h1-23,37-39,44H,24-29H2,(H2,41,42,45)/t37-,38+,39+/m0/s1. The van der Waals surface area contributed by atoms with Gasteiger partial charge in [-0.2, -0.15) is 0 Å². The number of carbonyl (C=O) groups excluding carboxylic acids is 1. The number of anilines is 1. The Hall–Kier alpha value is -4.79. The average Bonchev–Trinajstić information content (AvgIpc) is 3.12. The van der Waals surface area contributed by atoms with Crippen molar-refractivity contribution in [2.75, 3.05) is 11.9 Å². The molecule has 0 saturated carbocycles. The molecule has 7 heteroatoms. The summed E-state index contributed by atoms with van der Waals surface area (Å²) in [6.07, 6.45) is -0.197. The van der Waals surface area contributed by atoms with Crippen LogP contribution in [0.5, 0.6) is 0 Å². The Balaban J connectivity index is 1.18. The Bertz CT molecular complexity index is 1630. The number of urea groups is 1. The molecule has 7 nitrogen and oxygen atoms in total. The van der Waals surface area contributed by atoms with E-state index in [2.05, 4.69) is 64.1 Å². The number of benzene rings is 5. The first-order valence-electron chi connectivity index (χ1n) is 16.1. The molecule has 6 rings (SSSR count). The van der Waals surface area contributed by atoms with E-state index in [0.717, 1.165) is 41.9 Å². The molecular formula is C40H41N3O4. The van der Waals surface area contributed by atoms with Gasteiger partial charge >= 0.3 is 6.03 Å². The molecule has 1 aliphatic heterocycles. The summed E-state index contributed by atoms with van der Waals surface area (Å²) in [6.45, 7) is 2.75. The van der Waals surface area contributed by atoms with E-state index in [-0.39, 0.29) is 24.8 Å². The molecule has 47 heavy (non-hydrogen) atoms. The van der Waals surface area contributed by atoms with E-state index in [4.69, 9.17) is 9.47 Å². The zero-order valence-corrected chi connectivity index (χ0v) is 26.4. The normalized spacial score (nSPS) is 17.7. The summed E-state index contributed by atoms with van der Waals surface area (Å²) in [4.78, 5) is 15.0. The average molecular weight is 628 g/mol. The van der Waals surface area contributed by atoms with Crippen molar-refractivity contribution in [3.63, 3.8) is 0 Å². The zero-order valence-electron chi connectivity index (χ0n) is 26.4. The van der Waals surface area contributed by atoms with Gasteiger partial charge in [0, 0.05) is 43.9 Å². The summed E-state index contributed by atoms with van der Waals surface area (Å²) in [7, 11) is 0. The van der Waals surface area contributed by atoms with Crippen LogP contribution in [0.15, 0.2) is 140 Å². The van der Waals surface area contributed by atoms with Crippen LogP contribution in [-0.2, 0) is 35.7 Å². The van der Waals surface area contributed by atoms with Crippen molar-refractivity contribution < 1.29 is 19.4 Å². The Morgan fingerprint density at radius 2 is 1.21 bits per heavy atom. The van der Waals surface area contributed by atoms with Crippen molar-refractivity contribution in [2.24, 2.45) is 0 Å². The predicted molar refractivity (Wildman–Crippen MR) is 184 cm³/mol. The SMILES string of the molecule is O=C(NCc1ccccc1)Nc1ccc([C@@H]2O[C@H](CN(Cc3ccccc3)Cc3ccccc3)C[C@H](c3ccc(CO)cc3)O2)cc1. The Morgan fingerprint density at radius 1 is 0.660 bits per heavy atom. The number of hydrogen-bond donors (Lipinski definition) is 3. The summed E-state index contributed by atoms with van der Waals surface area (Å²) >= 11 is 0.